The average Bonchev–Trinajstić information content (AvgIpc) is 3.36. The Morgan fingerprint density at radius 3 is 2.32 bits per heavy atom. The van der Waals surface area contributed by atoms with Gasteiger partial charge in [0.2, 0.25) is 5.82 Å². The molecule has 1 N–H and O–H groups in total. The normalized spacial score (nSPS) is 13.2. The summed E-state index contributed by atoms with van der Waals surface area (Å²) in [7, 11) is 0. The van der Waals surface area contributed by atoms with Crippen molar-refractivity contribution in [3.63, 3.8) is 0 Å². The fourth-order valence-electron chi connectivity index (χ4n) is 3.32. The molecular formula is C21H16Cl2F5N7O2. The van der Waals surface area contributed by atoms with Crippen molar-refractivity contribution in [2.45, 2.75) is 38.2 Å². The van der Waals surface area contributed by atoms with E-state index in [1.54, 1.807) is 0 Å². The van der Waals surface area contributed by atoms with Crippen LogP contribution in [0.25, 0.3) is 17.2 Å². The minimum Gasteiger partial charge on any atom is -0.382 e. The Labute approximate surface area is 214 Å². The summed E-state index contributed by atoms with van der Waals surface area (Å²) in [6.45, 7) is -1.18. The Kier molecular flexibility index (Phi) is 7.10. The highest BCUT2D eigenvalue weighted by atomic mass is 35.5. The van der Waals surface area contributed by atoms with Crippen LogP contribution in [0.15, 0.2) is 47.4 Å². The van der Waals surface area contributed by atoms with Gasteiger partial charge in [-0.15, -0.1) is 10.2 Å². The summed E-state index contributed by atoms with van der Waals surface area (Å²) in [5.41, 5.74) is -0.848. The van der Waals surface area contributed by atoms with E-state index in [2.05, 4.69) is 20.2 Å². The Morgan fingerprint density at radius 2 is 1.73 bits per heavy atom. The molecule has 0 amide bonds. The zero-order valence-corrected chi connectivity index (χ0v) is 20.2. The first-order valence-corrected chi connectivity index (χ1v) is 11.1. The SMILES string of the molecule is CC(F)(F)c1nc(Cn2nc(-c3ccc(Cl)cc3)n(CC(O)C(F)(F)F)c2=O)nn1-c1ncccc1Cl. The minimum absolute atomic E-state index is 0.00272. The number of aromatic nitrogens is 7. The van der Waals surface area contributed by atoms with Crippen molar-refractivity contribution in [3.8, 4) is 17.2 Å². The summed E-state index contributed by atoms with van der Waals surface area (Å²) < 4.78 is 69.8. The Bertz CT molecular complexity index is 1480. The van der Waals surface area contributed by atoms with Crippen LogP contribution >= 0.6 is 23.2 Å². The molecule has 0 fully saturated rings. The summed E-state index contributed by atoms with van der Waals surface area (Å²) in [4.78, 5) is 20.8. The van der Waals surface area contributed by atoms with Gasteiger partial charge in [-0.1, -0.05) is 23.2 Å². The minimum atomic E-state index is -5.01. The molecule has 196 valence electrons. The average molecular weight is 564 g/mol. The third kappa shape index (κ3) is 5.65. The molecule has 0 saturated heterocycles. The molecule has 3 aromatic heterocycles. The van der Waals surface area contributed by atoms with E-state index in [0.717, 1.165) is 0 Å². The summed E-state index contributed by atoms with van der Waals surface area (Å²) in [6.07, 6.45) is -6.58. The van der Waals surface area contributed by atoms with Crippen molar-refractivity contribution in [2.75, 3.05) is 0 Å². The highest BCUT2D eigenvalue weighted by molar-refractivity contribution is 6.32. The van der Waals surface area contributed by atoms with E-state index in [0.29, 0.717) is 25.9 Å². The predicted octanol–water partition coefficient (Wildman–Crippen LogP) is 4.08. The van der Waals surface area contributed by atoms with Gasteiger partial charge in [-0.2, -0.15) is 26.6 Å². The van der Waals surface area contributed by atoms with E-state index < -0.39 is 42.8 Å². The van der Waals surface area contributed by atoms with Gasteiger partial charge in [0, 0.05) is 23.7 Å². The molecule has 0 saturated carbocycles. The van der Waals surface area contributed by atoms with Gasteiger partial charge in [0.15, 0.2) is 23.6 Å². The van der Waals surface area contributed by atoms with E-state index in [9.17, 15) is 31.9 Å². The maximum atomic E-state index is 14.3. The van der Waals surface area contributed by atoms with E-state index in [4.69, 9.17) is 23.2 Å². The standard InChI is InChI=1S/C21H16Cl2F5N7O2/c1-20(24,25)18-30-15(31-35(18)17-13(23)3-2-8-29-17)10-34-19(37)33(9-14(36)21(26,27)28)16(32-34)11-4-6-12(22)7-5-11/h2-8,14,36H,9-10H2,1H3. The maximum Gasteiger partial charge on any atom is 0.416 e. The third-order valence-electron chi connectivity index (χ3n) is 5.03. The quantitative estimate of drug-likeness (QED) is 0.340. The van der Waals surface area contributed by atoms with Gasteiger partial charge in [-0.3, -0.25) is 4.57 Å². The molecule has 0 spiro atoms. The number of benzene rings is 1. The molecule has 1 atom stereocenters. The maximum absolute atomic E-state index is 14.3. The van der Waals surface area contributed by atoms with Crippen LogP contribution in [-0.2, 0) is 19.0 Å². The number of hydrogen-bond acceptors (Lipinski definition) is 6. The van der Waals surface area contributed by atoms with Crippen LogP contribution in [0, 0.1) is 0 Å². The van der Waals surface area contributed by atoms with Crippen molar-refractivity contribution in [3.05, 3.63) is 74.8 Å². The molecule has 4 aromatic rings. The fourth-order valence-corrected chi connectivity index (χ4v) is 3.65. The lowest BCUT2D eigenvalue weighted by molar-refractivity contribution is -0.207. The lowest BCUT2D eigenvalue weighted by atomic mass is 10.2. The largest absolute Gasteiger partial charge is 0.416 e. The molecule has 9 nitrogen and oxygen atoms in total. The number of nitrogens with zero attached hydrogens (tertiary/aromatic N) is 7. The molecule has 3 heterocycles. The molecule has 16 heteroatoms. The van der Waals surface area contributed by atoms with E-state index >= 15 is 0 Å². The van der Waals surface area contributed by atoms with Crippen LogP contribution in [0.2, 0.25) is 10.0 Å². The number of aliphatic hydroxyl groups excluding tert-OH is 1. The lowest BCUT2D eigenvalue weighted by Crippen LogP contribution is -2.37. The zero-order chi connectivity index (χ0) is 27.1. The summed E-state index contributed by atoms with van der Waals surface area (Å²) in [5.74, 6) is -5.02. The number of hydrogen-bond donors (Lipinski definition) is 1. The Hall–Kier alpha value is -3.36. The summed E-state index contributed by atoms with van der Waals surface area (Å²) >= 11 is 11.9. The van der Waals surface area contributed by atoms with Crippen LogP contribution in [0.1, 0.15) is 18.6 Å². The molecule has 0 bridgehead atoms. The van der Waals surface area contributed by atoms with Crippen LogP contribution < -0.4 is 5.69 Å². The lowest BCUT2D eigenvalue weighted by Gasteiger charge is -2.15. The van der Waals surface area contributed by atoms with Gasteiger partial charge in [0.05, 0.1) is 11.6 Å². The molecule has 0 aliphatic rings. The highest BCUT2D eigenvalue weighted by Crippen LogP contribution is 2.29. The van der Waals surface area contributed by atoms with Crippen molar-refractivity contribution in [1.82, 2.24) is 34.1 Å². The predicted molar refractivity (Wildman–Crippen MR) is 122 cm³/mol. The van der Waals surface area contributed by atoms with Crippen molar-refractivity contribution in [1.29, 1.82) is 0 Å². The number of rotatable bonds is 7. The van der Waals surface area contributed by atoms with E-state index in [1.807, 2.05) is 0 Å². The highest BCUT2D eigenvalue weighted by Gasteiger charge is 2.39. The van der Waals surface area contributed by atoms with Crippen LogP contribution in [0.5, 0.6) is 0 Å². The van der Waals surface area contributed by atoms with Crippen LogP contribution in [0.3, 0.4) is 0 Å². The summed E-state index contributed by atoms with van der Waals surface area (Å²) in [6, 6.07) is 8.57. The molecule has 1 aromatic carbocycles. The topological polar surface area (TPSA) is 104 Å². The van der Waals surface area contributed by atoms with Gasteiger partial charge >= 0.3 is 17.8 Å². The fraction of sp³-hybridized carbons (Fsp3) is 0.286. The number of alkyl halides is 5. The van der Waals surface area contributed by atoms with Gasteiger partial charge in [-0.25, -0.2) is 19.4 Å². The Morgan fingerprint density at radius 1 is 1.05 bits per heavy atom. The molecule has 4 rings (SSSR count). The van der Waals surface area contributed by atoms with Crippen LogP contribution in [-0.4, -0.2) is 51.5 Å². The van der Waals surface area contributed by atoms with Gasteiger partial charge in [-0.05, 0) is 36.4 Å². The molecule has 37 heavy (non-hydrogen) atoms. The molecule has 0 aliphatic carbocycles. The Balaban J connectivity index is 1.80. The third-order valence-corrected chi connectivity index (χ3v) is 5.58. The second kappa shape index (κ2) is 9.84. The number of halogens is 7. The van der Waals surface area contributed by atoms with Crippen molar-refractivity contribution in [2.24, 2.45) is 0 Å². The molecule has 0 aliphatic heterocycles. The van der Waals surface area contributed by atoms with Gasteiger partial charge in [0.1, 0.15) is 6.54 Å². The van der Waals surface area contributed by atoms with E-state index in [-0.39, 0.29) is 28.1 Å². The van der Waals surface area contributed by atoms with Gasteiger partial charge < -0.3 is 5.11 Å². The number of aliphatic hydroxyl groups is 1. The monoisotopic (exact) mass is 563 g/mol. The van der Waals surface area contributed by atoms with Crippen LogP contribution in [0.4, 0.5) is 22.0 Å². The zero-order valence-electron chi connectivity index (χ0n) is 18.7. The second-order valence-electron chi connectivity index (χ2n) is 7.90. The first kappa shape index (κ1) is 26.7. The number of pyridine rings is 1. The second-order valence-corrected chi connectivity index (χ2v) is 8.74. The summed E-state index contributed by atoms with van der Waals surface area (Å²) in [5, 5.41) is 18.0. The molecular weight excluding hydrogens is 548 g/mol. The first-order chi connectivity index (χ1) is 17.3. The van der Waals surface area contributed by atoms with E-state index in [1.165, 1.54) is 42.6 Å². The van der Waals surface area contributed by atoms with Crippen molar-refractivity contribution < 1.29 is 27.1 Å². The van der Waals surface area contributed by atoms with Crippen molar-refractivity contribution >= 4 is 23.2 Å². The molecule has 0 radical (unpaired) electrons. The van der Waals surface area contributed by atoms with Gasteiger partial charge in [0.25, 0.3) is 0 Å². The smallest absolute Gasteiger partial charge is 0.382 e. The first-order valence-electron chi connectivity index (χ1n) is 10.4. The molecule has 1 unspecified atom stereocenters.